The first-order valence-corrected chi connectivity index (χ1v) is 7.97. The molecule has 1 heterocycles. The largest absolute Gasteiger partial charge is 0.356 e. The first-order chi connectivity index (χ1) is 9.30. The summed E-state index contributed by atoms with van der Waals surface area (Å²) in [6.07, 6.45) is 6.37. The van der Waals surface area contributed by atoms with Crippen molar-refractivity contribution in [3.05, 3.63) is 0 Å². The lowest BCUT2D eigenvalue weighted by Gasteiger charge is -2.17. The molecule has 0 aromatic rings. The Morgan fingerprint density at radius 3 is 2.74 bits per heavy atom. The van der Waals surface area contributed by atoms with Gasteiger partial charge in [-0.1, -0.05) is 26.7 Å². The molecule has 0 amide bonds. The van der Waals surface area contributed by atoms with Crippen LogP contribution >= 0.6 is 0 Å². The fourth-order valence-corrected chi connectivity index (χ4v) is 2.64. The number of aliphatic imine (C=N–C) groups is 1. The molecule has 112 valence electrons. The summed E-state index contributed by atoms with van der Waals surface area (Å²) in [4.78, 5) is 6.86. The van der Waals surface area contributed by atoms with Gasteiger partial charge < -0.3 is 15.5 Å². The molecule has 4 nitrogen and oxygen atoms in total. The number of guanidine groups is 1. The van der Waals surface area contributed by atoms with Gasteiger partial charge in [0.15, 0.2) is 5.96 Å². The van der Waals surface area contributed by atoms with Crippen LogP contribution in [0.5, 0.6) is 0 Å². The van der Waals surface area contributed by atoms with Crippen molar-refractivity contribution in [3.8, 4) is 0 Å². The summed E-state index contributed by atoms with van der Waals surface area (Å²) >= 11 is 0. The number of hydrogen-bond donors (Lipinski definition) is 2. The first kappa shape index (κ1) is 16.3. The zero-order valence-electron chi connectivity index (χ0n) is 13.0. The number of nitrogens with zero attached hydrogens (tertiary/aromatic N) is 2. The van der Waals surface area contributed by atoms with E-state index < -0.39 is 0 Å². The van der Waals surface area contributed by atoms with Crippen molar-refractivity contribution in [3.63, 3.8) is 0 Å². The van der Waals surface area contributed by atoms with E-state index in [1.165, 1.54) is 51.7 Å². The van der Waals surface area contributed by atoms with Crippen molar-refractivity contribution in [2.24, 2.45) is 10.9 Å². The summed E-state index contributed by atoms with van der Waals surface area (Å²) in [6, 6.07) is 0. The molecule has 1 aliphatic heterocycles. The van der Waals surface area contributed by atoms with Crippen LogP contribution in [0.25, 0.3) is 0 Å². The van der Waals surface area contributed by atoms with Crippen molar-refractivity contribution >= 4 is 5.96 Å². The highest BCUT2D eigenvalue weighted by atomic mass is 15.2. The van der Waals surface area contributed by atoms with E-state index in [0.29, 0.717) is 0 Å². The van der Waals surface area contributed by atoms with E-state index in [4.69, 9.17) is 0 Å². The monoisotopic (exact) mass is 268 g/mol. The van der Waals surface area contributed by atoms with Crippen molar-refractivity contribution < 1.29 is 0 Å². The lowest BCUT2D eigenvalue weighted by molar-refractivity contribution is 0.324. The smallest absolute Gasteiger partial charge is 0.190 e. The summed E-state index contributed by atoms with van der Waals surface area (Å²) in [6.45, 7) is 10.3. The second-order valence-electron chi connectivity index (χ2n) is 5.54. The second-order valence-corrected chi connectivity index (χ2v) is 5.54. The average molecular weight is 268 g/mol. The molecular formula is C15H32N4. The van der Waals surface area contributed by atoms with Crippen molar-refractivity contribution in [2.75, 3.05) is 39.8 Å². The van der Waals surface area contributed by atoms with Gasteiger partial charge in [-0.3, -0.25) is 4.99 Å². The molecule has 0 spiro atoms. The van der Waals surface area contributed by atoms with Gasteiger partial charge in [-0.15, -0.1) is 0 Å². The van der Waals surface area contributed by atoms with Crippen LogP contribution in [0.4, 0.5) is 0 Å². The Morgan fingerprint density at radius 1 is 1.21 bits per heavy atom. The maximum atomic E-state index is 4.28. The van der Waals surface area contributed by atoms with Gasteiger partial charge in [0.1, 0.15) is 0 Å². The number of likely N-dealkylation sites (tertiary alicyclic amines) is 1. The Kier molecular flexibility index (Phi) is 8.63. The lowest BCUT2D eigenvalue weighted by atomic mass is 10.1. The molecule has 1 rings (SSSR count). The van der Waals surface area contributed by atoms with Gasteiger partial charge in [0, 0.05) is 26.7 Å². The molecule has 1 unspecified atom stereocenters. The maximum Gasteiger partial charge on any atom is 0.190 e. The minimum absolute atomic E-state index is 0.778. The minimum Gasteiger partial charge on any atom is -0.356 e. The molecule has 1 fully saturated rings. The van der Waals surface area contributed by atoms with Gasteiger partial charge in [-0.2, -0.15) is 0 Å². The minimum atomic E-state index is 0.778. The highest BCUT2D eigenvalue weighted by molar-refractivity contribution is 5.79. The van der Waals surface area contributed by atoms with Gasteiger partial charge in [0.05, 0.1) is 0 Å². The fraction of sp³-hybridized carbons (Fsp3) is 0.933. The van der Waals surface area contributed by atoms with E-state index in [1.807, 2.05) is 7.05 Å². The quantitative estimate of drug-likeness (QED) is 0.402. The van der Waals surface area contributed by atoms with Crippen LogP contribution in [-0.4, -0.2) is 50.6 Å². The van der Waals surface area contributed by atoms with Crippen LogP contribution < -0.4 is 10.6 Å². The van der Waals surface area contributed by atoms with Crippen LogP contribution in [0.15, 0.2) is 4.99 Å². The van der Waals surface area contributed by atoms with E-state index in [1.54, 1.807) is 0 Å². The Bertz CT molecular complexity index is 253. The zero-order valence-corrected chi connectivity index (χ0v) is 13.0. The molecule has 0 radical (unpaired) electrons. The number of hydrogen-bond acceptors (Lipinski definition) is 2. The SMILES string of the molecule is CCCCCNC(=NC)NCC1CCN(CCC)C1. The zero-order chi connectivity index (χ0) is 13.9. The molecule has 19 heavy (non-hydrogen) atoms. The van der Waals surface area contributed by atoms with Gasteiger partial charge in [-0.25, -0.2) is 0 Å². The Balaban J connectivity index is 2.12. The fourth-order valence-electron chi connectivity index (χ4n) is 2.64. The Labute approximate surface area is 119 Å². The summed E-state index contributed by atoms with van der Waals surface area (Å²) in [7, 11) is 1.85. The van der Waals surface area contributed by atoms with Crippen molar-refractivity contribution in [2.45, 2.75) is 46.0 Å². The third kappa shape index (κ3) is 6.81. The average Bonchev–Trinajstić information content (AvgIpc) is 2.86. The number of unbranched alkanes of at least 4 members (excludes halogenated alkanes) is 2. The van der Waals surface area contributed by atoms with E-state index in [2.05, 4.69) is 34.4 Å². The predicted molar refractivity (Wildman–Crippen MR) is 83.7 cm³/mol. The molecular weight excluding hydrogens is 236 g/mol. The molecule has 0 bridgehead atoms. The van der Waals surface area contributed by atoms with Gasteiger partial charge in [-0.05, 0) is 38.3 Å². The van der Waals surface area contributed by atoms with Crippen LogP contribution in [-0.2, 0) is 0 Å². The molecule has 4 heteroatoms. The summed E-state index contributed by atoms with van der Waals surface area (Å²) in [5.41, 5.74) is 0. The molecule has 2 N–H and O–H groups in total. The molecule has 0 aromatic carbocycles. The van der Waals surface area contributed by atoms with Gasteiger partial charge in [0.2, 0.25) is 0 Å². The van der Waals surface area contributed by atoms with E-state index in [0.717, 1.165) is 25.0 Å². The number of nitrogens with one attached hydrogen (secondary N) is 2. The Morgan fingerprint density at radius 2 is 2.05 bits per heavy atom. The number of rotatable bonds is 8. The Hall–Kier alpha value is -0.770. The van der Waals surface area contributed by atoms with Gasteiger partial charge in [0.25, 0.3) is 0 Å². The van der Waals surface area contributed by atoms with Crippen molar-refractivity contribution in [1.29, 1.82) is 0 Å². The van der Waals surface area contributed by atoms with Crippen LogP contribution in [0.1, 0.15) is 46.0 Å². The van der Waals surface area contributed by atoms with Crippen molar-refractivity contribution in [1.82, 2.24) is 15.5 Å². The van der Waals surface area contributed by atoms with E-state index >= 15 is 0 Å². The van der Waals surface area contributed by atoms with E-state index in [-0.39, 0.29) is 0 Å². The first-order valence-electron chi connectivity index (χ1n) is 7.97. The van der Waals surface area contributed by atoms with E-state index in [9.17, 15) is 0 Å². The second kappa shape index (κ2) is 10.1. The molecule has 0 aliphatic carbocycles. The lowest BCUT2D eigenvalue weighted by Crippen LogP contribution is -2.40. The maximum absolute atomic E-state index is 4.28. The van der Waals surface area contributed by atoms with Gasteiger partial charge >= 0.3 is 0 Å². The molecule has 1 aliphatic rings. The standard InChI is InChI=1S/C15H32N4/c1-4-6-7-9-17-15(16-3)18-12-14-8-11-19(13-14)10-5-2/h14H,4-13H2,1-3H3,(H2,16,17,18). The third-order valence-corrected chi connectivity index (χ3v) is 3.76. The topological polar surface area (TPSA) is 39.7 Å². The molecule has 0 aromatic heterocycles. The van der Waals surface area contributed by atoms with Crippen LogP contribution in [0.2, 0.25) is 0 Å². The summed E-state index contributed by atoms with van der Waals surface area (Å²) in [5, 5.41) is 6.85. The third-order valence-electron chi connectivity index (χ3n) is 3.76. The van der Waals surface area contributed by atoms with Crippen LogP contribution in [0.3, 0.4) is 0 Å². The normalized spacial score (nSPS) is 20.8. The summed E-state index contributed by atoms with van der Waals surface area (Å²) in [5.74, 6) is 1.74. The predicted octanol–water partition coefficient (Wildman–Crippen LogP) is 2.07. The molecule has 1 saturated heterocycles. The molecule has 0 saturated carbocycles. The highest BCUT2D eigenvalue weighted by Crippen LogP contribution is 2.15. The summed E-state index contributed by atoms with van der Waals surface area (Å²) < 4.78 is 0. The van der Waals surface area contributed by atoms with Crippen LogP contribution in [0, 0.1) is 5.92 Å². The molecule has 1 atom stereocenters. The highest BCUT2D eigenvalue weighted by Gasteiger charge is 2.21.